The van der Waals surface area contributed by atoms with E-state index in [2.05, 4.69) is 10.6 Å². The summed E-state index contributed by atoms with van der Waals surface area (Å²) in [5, 5.41) is 15.4. The topological polar surface area (TPSA) is 116 Å². The number of carbonyl (C=O) groups is 2. The number of anilines is 1. The zero-order chi connectivity index (χ0) is 26.7. The van der Waals surface area contributed by atoms with Gasteiger partial charge in [0.05, 0.1) is 26.7 Å². The lowest BCUT2D eigenvalue weighted by Crippen LogP contribution is -2.34. The third kappa shape index (κ3) is 6.36. The monoisotopic (exact) mass is 561 g/mol. The number of benzene rings is 3. The molecule has 8 nitrogen and oxygen atoms in total. The van der Waals surface area contributed by atoms with Crippen molar-refractivity contribution in [1.29, 1.82) is 0 Å². The Labute approximate surface area is 225 Å². The SMILES string of the molecule is C[C@H](NC(=O)Nc1ccc(S(=O)(=O)Cc2ccc3c(c2)CCN(C(=O)O)C3)cc1)c1cccc(Cl)c1Cl. The Bertz CT molecular complexity index is 1450. The van der Waals surface area contributed by atoms with Gasteiger partial charge < -0.3 is 20.6 Å². The maximum Gasteiger partial charge on any atom is 0.407 e. The molecule has 3 N–H and O–H groups in total. The predicted octanol–water partition coefficient (Wildman–Crippen LogP) is 5.89. The summed E-state index contributed by atoms with van der Waals surface area (Å²) in [6.45, 7) is 2.45. The van der Waals surface area contributed by atoms with Crippen LogP contribution in [0.1, 0.15) is 35.2 Å². The number of carbonyl (C=O) groups excluding carboxylic acids is 1. The lowest BCUT2D eigenvalue weighted by Gasteiger charge is -2.26. The van der Waals surface area contributed by atoms with E-state index in [9.17, 15) is 23.1 Å². The first-order valence-electron chi connectivity index (χ1n) is 11.5. The summed E-state index contributed by atoms with van der Waals surface area (Å²) >= 11 is 12.3. The largest absolute Gasteiger partial charge is 0.465 e. The van der Waals surface area contributed by atoms with Crippen LogP contribution in [0.3, 0.4) is 0 Å². The molecular formula is C26H25Cl2N3O5S. The summed E-state index contributed by atoms with van der Waals surface area (Å²) in [5.74, 6) is -0.186. The van der Waals surface area contributed by atoms with E-state index in [0.29, 0.717) is 46.4 Å². The van der Waals surface area contributed by atoms with E-state index >= 15 is 0 Å². The third-order valence-electron chi connectivity index (χ3n) is 6.18. The fraction of sp³-hybridized carbons (Fsp3) is 0.231. The molecular weight excluding hydrogens is 537 g/mol. The van der Waals surface area contributed by atoms with E-state index in [0.717, 1.165) is 11.1 Å². The third-order valence-corrected chi connectivity index (χ3v) is 8.71. The van der Waals surface area contributed by atoms with Crippen LogP contribution in [0, 0.1) is 0 Å². The van der Waals surface area contributed by atoms with Crippen molar-refractivity contribution in [1.82, 2.24) is 10.2 Å². The number of hydrogen-bond donors (Lipinski definition) is 3. The zero-order valence-electron chi connectivity index (χ0n) is 19.9. The van der Waals surface area contributed by atoms with Crippen molar-refractivity contribution in [2.45, 2.75) is 36.6 Å². The average Bonchev–Trinajstić information content (AvgIpc) is 2.85. The first-order valence-corrected chi connectivity index (χ1v) is 13.9. The van der Waals surface area contributed by atoms with Crippen LogP contribution in [0.5, 0.6) is 0 Å². The molecule has 0 saturated carbocycles. The van der Waals surface area contributed by atoms with Crippen LogP contribution < -0.4 is 10.6 Å². The number of hydrogen-bond acceptors (Lipinski definition) is 4. The van der Waals surface area contributed by atoms with Gasteiger partial charge in [-0.3, -0.25) is 0 Å². The standard InChI is InChI=1S/C26H25Cl2N3O5S/c1-16(22-3-2-4-23(27)24(22)28)29-25(32)30-20-7-9-21(10-8-20)37(35,36)15-17-5-6-19-14-31(26(33)34)12-11-18(19)13-17/h2-10,13,16H,11-12,14-15H2,1H3,(H,33,34)(H2,29,30,32)/t16-/m0/s1. The molecule has 0 unspecified atom stereocenters. The summed E-state index contributed by atoms with van der Waals surface area (Å²) in [6, 6.07) is 15.6. The van der Waals surface area contributed by atoms with Crippen LogP contribution in [0.15, 0.2) is 65.6 Å². The van der Waals surface area contributed by atoms with Crippen molar-refractivity contribution in [3.63, 3.8) is 0 Å². The second-order valence-electron chi connectivity index (χ2n) is 8.80. The molecule has 11 heteroatoms. The lowest BCUT2D eigenvalue weighted by atomic mass is 9.98. The van der Waals surface area contributed by atoms with Gasteiger partial charge >= 0.3 is 12.1 Å². The minimum atomic E-state index is -3.63. The molecule has 3 aromatic rings. The highest BCUT2D eigenvalue weighted by Gasteiger charge is 2.22. The molecule has 0 bridgehead atoms. The van der Waals surface area contributed by atoms with E-state index < -0.39 is 28.0 Å². The first-order chi connectivity index (χ1) is 17.5. The van der Waals surface area contributed by atoms with E-state index in [1.165, 1.54) is 29.2 Å². The van der Waals surface area contributed by atoms with Crippen LogP contribution in [0.2, 0.25) is 10.0 Å². The van der Waals surface area contributed by atoms with Gasteiger partial charge in [-0.05, 0) is 65.9 Å². The number of carboxylic acid groups (broad SMARTS) is 1. The Hall–Kier alpha value is -3.27. The number of nitrogens with zero attached hydrogens (tertiary/aromatic N) is 1. The van der Waals surface area contributed by atoms with Gasteiger partial charge in [-0.15, -0.1) is 0 Å². The van der Waals surface area contributed by atoms with Crippen molar-refractivity contribution in [3.05, 3.63) is 93.0 Å². The maximum atomic E-state index is 13.0. The van der Waals surface area contributed by atoms with Gasteiger partial charge in [-0.1, -0.05) is 53.5 Å². The van der Waals surface area contributed by atoms with Crippen LogP contribution in [-0.2, 0) is 28.6 Å². The summed E-state index contributed by atoms with van der Waals surface area (Å²) < 4.78 is 26.0. The highest BCUT2D eigenvalue weighted by Crippen LogP contribution is 2.30. The fourth-order valence-electron chi connectivity index (χ4n) is 4.20. The highest BCUT2D eigenvalue weighted by molar-refractivity contribution is 7.90. The normalized spacial score (nSPS) is 14.0. The minimum absolute atomic E-state index is 0.132. The molecule has 0 spiro atoms. The van der Waals surface area contributed by atoms with Crippen LogP contribution >= 0.6 is 23.2 Å². The molecule has 1 aliphatic rings. The number of amides is 3. The van der Waals surface area contributed by atoms with Crippen molar-refractivity contribution in [3.8, 4) is 0 Å². The first kappa shape index (κ1) is 26.8. The molecule has 1 heterocycles. The van der Waals surface area contributed by atoms with Gasteiger partial charge in [0.25, 0.3) is 0 Å². The second kappa shape index (κ2) is 11.0. The number of fused-ring (bicyclic) bond motifs is 1. The molecule has 0 aromatic heterocycles. The van der Waals surface area contributed by atoms with Gasteiger partial charge in [-0.2, -0.15) is 0 Å². The van der Waals surface area contributed by atoms with Gasteiger partial charge in [0, 0.05) is 18.8 Å². The molecule has 1 atom stereocenters. The van der Waals surface area contributed by atoms with E-state index in [-0.39, 0.29) is 10.6 Å². The fourth-order valence-corrected chi connectivity index (χ4v) is 6.01. The highest BCUT2D eigenvalue weighted by atomic mass is 35.5. The molecule has 3 aromatic carbocycles. The number of halogens is 2. The van der Waals surface area contributed by atoms with Crippen molar-refractivity contribution < 1.29 is 23.1 Å². The minimum Gasteiger partial charge on any atom is -0.465 e. The Morgan fingerprint density at radius 3 is 2.49 bits per heavy atom. The molecule has 37 heavy (non-hydrogen) atoms. The summed E-state index contributed by atoms with van der Waals surface area (Å²) in [6.07, 6.45) is -0.423. The second-order valence-corrected chi connectivity index (χ2v) is 11.6. The zero-order valence-corrected chi connectivity index (χ0v) is 22.2. The molecule has 0 radical (unpaired) electrons. The van der Waals surface area contributed by atoms with Crippen molar-refractivity contribution >= 4 is 50.9 Å². The number of urea groups is 1. The number of rotatable bonds is 6. The number of sulfone groups is 1. The van der Waals surface area contributed by atoms with Gasteiger partial charge in [0.2, 0.25) is 0 Å². The van der Waals surface area contributed by atoms with Crippen molar-refractivity contribution in [2.75, 3.05) is 11.9 Å². The Morgan fingerprint density at radius 2 is 1.78 bits per heavy atom. The molecule has 0 aliphatic carbocycles. The Morgan fingerprint density at radius 1 is 1.05 bits per heavy atom. The molecule has 0 saturated heterocycles. The van der Waals surface area contributed by atoms with Crippen LogP contribution in [0.25, 0.3) is 0 Å². The number of nitrogens with one attached hydrogen (secondary N) is 2. The van der Waals surface area contributed by atoms with E-state index in [4.69, 9.17) is 23.2 Å². The van der Waals surface area contributed by atoms with Crippen molar-refractivity contribution in [2.24, 2.45) is 0 Å². The Balaban J connectivity index is 1.38. The smallest absolute Gasteiger partial charge is 0.407 e. The maximum absolute atomic E-state index is 13.0. The summed E-state index contributed by atoms with van der Waals surface area (Å²) in [5.41, 5.74) is 3.59. The Kier molecular flexibility index (Phi) is 7.96. The molecule has 1 aliphatic heterocycles. The predicted molar refractivity (Wildman–Crippen MR) is 143 cm³/mol. The lowest BCUT2D eigenvalue weighted by molar-refractivity contribution is 0.140. The molecule has 3 amide bonds. The van der Waals surface area contributed by atoms with Crippen LogP contribution in [0.4, 0.5) is 15.3 Å². The van der Waals surface area contributed by atoms with Gasteiger partial charge in [0.15, 0.2) is 9.84 Å². The van der Waals surface area contributed by atoms with Gasteiger partial charge in [-0.25, -0.2) is 18.0 Å². The quantitative estimate of drug-likeness (QED) is 0.347. The van der Waals surface area contributed by atoms with E-state index in [1.54, 1.807) is 37.3 Å². The average molecular weight is 562 g/mol. The van der Waals surface area contributed by atoms with E-state index in [1.807, 2.05) is 6.07 Å². The molecule has 0 fully saturated rings. The summed E-state index contributed by atoms with van der Waals surface area (Å²) in [4.78, 5) is 25.1. The molecule has 4 rings (SSSR count). The molecule has 194 valence electrons. The van der Waals surface area contributed by atoms with Gasteiger partial charge in [0.1, 0.15) is 0 Å². The van der Waals surface area contributed by atoms with Crippen LogP contribution in [-0.4, -0.2) is 37.1 Å². The summed E-state index contributed by atoms with van der Waals surface area (Å²) in [7, 11) is -3.63.